The van der Waals surface area contributed by atoms with E-state index in [-0.39, 0.29) is 5.17 Å². The largest absolute Gasteiger partial charge is 0.330 e. The molecule has 18 heavy (non-hydrogen) atoms. The van der Waals surface area contributed by atoms with Crippen molar-refractivity contribution in [2.75, 3.05) is 0 Å². The van der Waals surface area contributed by atoms with E-state index in [9.17, 15) is 8.42 Å². The second-order valence-electron chi connectivity index (χ2n) is 3.59. The van der Waals surface area contributed by atoms with Gasteiger partial charge in [-0.1, -0.05) is 50.4 Å². The molecule has 0 aromatic heterocycles. The third-order valence-corrected chi connectivity index (χ3v) is 4.64. The van der Waals surface area contributed by atoms with E-state index < -0.39 is 15.4 Å². The summed E-state index contributed by atoms with van der Waals surface area (Å²) in [5.41, 5.74) is 0.375. The third kappa shape index (κ3) is 3.85. The van der Waals surface area contributed by atoms with Crippen molar-refractivity contribution >= 4 is 54.4 Å². The second kappa shape index (κ2) is 6.23. The number of rotatable bonds is 4. The Morgan fingerprint density at radius 2 is 2.06 bits per heavy atom. The van der Waals surface area contributed by atoms with E-state index >= 15 is 0 Å². The van der Waals surface area contributed by atoms with Gasteiger partial charge in [0.15, 0.2) is 5.17 Å². The molecule has 0 atom stereocenters. The smallest absolute Gasteiger partial charge is 0.267 e. The first kappa shape index (κ1) is 15.8. The molecule has 0 saturated heterocycles. The van der Waals surface area contributed by atoms with E-state index in [1.807, 2.05) is 0 Å². The standard InChI is InChI=1S/C10H10BrCl2NO3S/c1-6(2)18(15,16)17-14-10(13)9-7(11)4-3-5-8(9)12/h3-6H,1-2H3. The predicted molar refractivity (Wildman–Crippen MR) is 76.7 cm³/mol. The molecule has 1 aromatic carbocycles. The number of halogens is 3. The molecular formula is C10H10BrCl2NO3S. The van der Waals surface area contributed by atoms with Crippen molar-refractivity contribution in [1.82, 2.24) is 0 Å². The molecule has 0 spiro atoms. The monoisotopic (exact) mass is 373 g/mol. The molecule has 0 fully saturated rings. The van der Waals surface area contributed by atoms with E-state index in [1.165, 1.54) is 13.8 Å². The van der Waals surface area contributed by atoms with Gasteiger partial charge in [0.2, 0.25) is 0 Å². The number of hydrogen-bond donors (Lipinski definition) is 0. The van der Waals surface area contributed by atoms with Crippen molar-refractivity contribution in [3.05, 3.63) is 33.3 Å². The van der Waals surface area contributed by atoms with Crippen molar-refractivity contribution in [3.8, 4) is 0 Å². The fourth-order valence-electron chi connectivity index (χ4n) is 0.911. The molecule has 1 aromatic rings. The van der Waals surface area contributed by atoms with Crippen LogP contribution in [0.15, 0.2) is 27.8 Å². The van der Waals surface area contributed by atoms with Crippen molar-refractivity contribution < 1.29 is 12.7 Å². The van der Waals surface area contributed by atoms with Crippen LogP contribution in [0.5, 0.6) is 0 Å². The van der Waals surface area contributed by atoms with Crippen LogP contribution in [-0.2, 0) is 14.4 Å². The average Bonchev–Trinajstić information content (AvgIpc) is 2.26. The normalized spacial score (nSPS) is 12.9. The summed E-state index contributed by atoms with van der Waals surface area (Å²) in [4.78, 5) is 0. The lowest BCUT2D eigenvalue weighted by molar-refractivity contribution is 0.335. The summed E-state index contributed by atoms with van der Waals surface area (Å²) >= 11 is 15.1. The van der Waals surface area contributed by atoms with Crippen molar-refractivity contribution in [1.29, 1.82) is 0 Å². The highest BCUT2D eigenvalue weighted by molar-refractivity contribution is 9.10. The molecule has 100 valence electrons. The van der Waals surface area contributed by atoms with Crippen LogP contribution in [0.25, 0.3) is 0 Å². The van der Waals surface area contributed by atoms with Crippen LogP contribution >= 0.6 is 39.1 Å². The maximum absolute atomic E-state index is 11.4. The third-order valence-electron chi connectivity index (χ3n) is 1.97. The summed E-state index contributed by atoms with van der Waals surface area (Å²) in [5, 5.41) is 2.88. The average molecular weight is 375 g/mol. The Morgan fingerprint density at radius 3 is 2.56 bits per heavy atom. The highest BCUT2D eigenvalue weighted by Crippen LogP contribution is 2.27. The van der Waals surface area contributed by atoms with Gasteiger partial charge >= 0.3 is 10.1 Å². The Balaban J connectivity index is 3.05. The molecule has 0 aliphatic heterocycles. The minimum atomic E-state index is -3.76. The SMILES string of the molecule is CC(C)S(=O)(=O)ON=C(Cl)c1c(Cl)cccc1Br. The van der Waals surface area contributed by atoms with E-state index in [0.29, 0.717) is 15.1 Å². The Morgan fingerprint density at radius 1 is 1.44 bits per heavy atom. The van der Waals surface area contributed by atoms with Gasteiger partial charge in [-0.05, 0) is 26.0 Å². The molecular weight excluding hydrogens is 365 g/mol. The summed E-state index contributed by atoms with van der Waals surface area (Å²) in [6.45, 7) is 2.95. The quantitative estimate of drug-likeness (QED) is 0.595. The van der Waals surface area contributed by atoms with Gasteiger partial charge in [-0.3, -0.25) is 4.28 Å². The molecule has 0 unspecified atom stereocenters. The molecule has 0 saturated carbocycles. The predicted octanol–water partition coefficient (Wildman–Crippen LogP) is 3.76. The number of hydrogen-bond acceptors (Lipinski definition) is 4. The van der Waals surface area contributed by atoms with Crippen LogP contribution < -0.4 is 0 Å². The van der Waals surface area contributed by atoms with E-state index in [1.54, 1.807) is 18.2 Å². The second-order valence-corrected chi connectivity index (χ2v) is 7.29. The van der Waals surface area contributed by atoms with Gasteiger partial charge in [0, 0.05) is 10.0 Å². The molecule has 0 N–H and O–H groups in total. The highest BCUT2D eigenvalue weighted by atomic mass is 79.9. The Kier molecular flexibility index (Phi) is 5.46. The van der Waals surface area contributed by atoms with Crippen LogP contribution in [0.4, 0.5) is 0 Å². The molecule has 0 aliphatic rings. The summed E-state index contributed by atoms with van der Waals surface area (Å²) in [6.07, 6.45) is 0. The van der Waals surface area contributed by atoms with Gasteiger partial charge in [-0.2, -0.15) is 8.42 Å². The van der Waals surface area contributed by atoms with Gasteiger partial charge in [0.1, 0.15) is 0 Å². The molecule has 4 nitrogen and oxygen atoms in total. The zero-order valence-corrected chi connectivity index (χ0v) is 13.4. The number of oxime groups is 1. The van der Waals surface area contributed by atoms with Gasteiger partial charge in [-0.15, -0.1) is 0 Å². The summed E-state index contributed by atoms with van der Waals surface area (Å²) in [5.74, 6) is 0. The van der Waals surface area contributed by atoms with E-state index in [2.05, 4.69) is 25.4 Å². The summed E-state index contributed by atoms with van der Waals surface area (Å²) in [6, 6.07) is 5.03. The molecule has 0 bridgehead atoms. The molecule has 0 aliphatic carbocycles. The molecule has 1 rings (SSSR count). The molecule has 0 heterocycles. The maximum Gasteiger partial charge on any atom is 0.330 e. The van der Waals surface area contributed by atoms with Gasteiger partial charge in [0.05, 0.1) is 10.3 Å². The summed E-state index contributed by atoms with van der Waals surface area (Å²) < 4.78 is 27.9. The lowest BCUT2D eigenvalue weighted by Gasteiger charge is -2.06. The van der Waals surface area contributed by atoms with Crippen LogP contribution in [0, 0.1) is 0 Å². The summed E-state index contributed by atoms with van der Waals surface area (Å²) in [7, 11) is -3.76. The van der Waals surface area contributed by atoms with Gasteiger partial charge in [-0.25, -0.2) is 0 Å². The Labute approximate surface area is 124 Å². The van der Waals surface area contributed by atoms with E-state index in [0.717, 1.165) is 0 Å². The molecule has 0 amide bonds. The van der Waals surface area contributed by atoms with Crippen molar-refractivity contribution in [2.24, 2.45) is 5.16 Å². The lowest BCUT2D eigenvalue weighted by Crippen LogP contribution is -2.15. The minimum Gasteiger partial charge on any atom is -0.267 e. The Bertz CT molecular complexity index is 552. The number of benzene rings is 1. The van der Waals surface area contributed by atoms with Crippen molar-refractivity contribution in [3.63, 3.8) is 0 Å². The highest BCUT2D eigenvalue weighted by Gasteiger charge is 2.18. The first-order chi connectivity index (χ1) is 8.25. The van der Waals surface area contributed by atoms with Crippen LogP contribution in [-0.4, -0.2) is 18.8 Å². The Hall–Kier alpha value is -0.300. The van der Waals surface area contributed by atoms with Gasteiger partial charge < -0.3 is 0 Å². The molecule has 0 radical (unpaired) electrons. The molecule has 8 heteroatoms. The maximum atomic E-state index is 11.4. The fourth-order valence-corrected chi connectivity index (χ4v) is 2.64. The van der Waals surface area contributed by atoms with Crippen LogP contribution in [0.2, 0.25) is 5.02 Å². The first-order valence-electron chi connectivity index (χ1n) is 4.86. The van der Waals surface area contributed by atoms with Gasteiger partial charge in [0.25, 0.3) is 0 Å². The van der Waals surface area contributed by atoms with Crippen LogP contribution in [0.1, 0.15) is 19.4 Å². The topological polar surface area (TPSA) is 55.7 Å². The van der Waals surface area contributed by atoms with Crippen LogP contribution in [0.3, 0.4) is 0 Å². The van der Waals surface area contributed by atoms with E-state index in [4.69, 9.17) is 23.2 Å². The zero-order valence-electron chi connectivity index (χ0n) is 9.52. The minimum absolute atomic E-state index is 0.142. The lowest BCUT2D eigenvalue weighted by atomic mass is 10.2. The first-order valence-corrected chi connectivity index (χ1v) is 7.88. The number of nitrogens with zero attached hydrogens (tertiary/aromatic N) is 1. The fraction of sp³-hybridized carbons (Fsp3) is 0.300. The zero-order chi connectivity index (χ0) is 13.9. The van der Waals surface area contributed by atoms with Crippen molar-refractivity contribution in [2.45, 2.75) is 19.1 Å².